The molecule has 0 bridgehead atoms. The van der Waals surface area contributed by atoms with Gasteiger partial charge in [0.2, 0.25) is 0 Å². The van der Waals surface area contributed by atoms with Crippen molar-refractivity contribution >= 4 is 29.1 Å². The second-order valence-electron chi connectivity index (χ2n) is 4.74. The molecule has 3 nitrogen and oxygen atoms in total. The van der Waals surface area contributed by atoms with Crippen molar-refractivity contribution in [1.29, 1.82) is 0 Å². The molecule has 1 aromatic carbocycles. The lowest BCUT2D eigenvalue weighted by molar-refractivity contribution is 0.0248. The van der Waals surface area contributed by atoms with Crippen LogP contribution >= 0.6 is 23.2 Å². The van der Waals surface area contributed by atoms with E-state index in [9.17, 15) is 9.90 Å². The lowest BCUT2D eigenvalue weighted by Crippen LogP contribution is -2.45. The molecule has 1 saturated heterocycles. The van der Waals surface area contributed by atoms with Gasteiger partial charge in [-0.05, 0) is 30.5 Å². The fourth-order valence-electron chi connectivity index (χ4n) is 2.09. The summed E-state index contributed by atoms with van der Waals surface area (Å²) in [6.07, 6.45) is 0.346. The van der Waals surface area contributed by atoms with Crippen LogP contribution in [0.5, 0.6) is 0 Å². The third kappa shape index (κ3) is 2.97. The van der Waals surface area contributed by atoms with Crippen molar-refractivity contribution in [3.63, 3.8) is 0 Å². The number of rotatable bonds is 1. The van der Waals surface area contributed by atoms with Gasteiger partial charge in [0, 0.05) is 28.7 Å². The molecule has 0 aromatic heterocycles. The minimum Gasteiger partial charge on any atom is -0.391 e. The van der Waals surface area contributed by atoms with Gasteiger partial charge in [0.1, 0.15) is 0 Å². The van der Waals surface area contributed by atoms with Crippen molar-refractivity contribution in [2.75, 3.05) is 13.1 Å². The highest BCUT2D eigenvalue weighted by Crippen LogP contribution is 2.23. The van der Waals surface area contributed by atoms with E-state index in [1.807, 2.05) is 6.92 Å². The molecule has 1 amide bonds. The molecule has 0 saturated carbocycles. The van der Waals surface area contributed by atoms with E-state index in [4.69, 9.17) is 23.2 Å². The first-order chi connectivity index (χ1) is 8.47. The SMILES string of the molecule is CC1CCN(C(=O)c2cc(Cl)cc(Cl)c2)CC1O. The van der Waals surface area contributed by atoms with Crippen molar-refractivity contribution in [2.45, 2.75) is 19.4 Å². The number of piperidine rings is 1. The predicted molar refractivity (Wildman–Crippen MR) is 72.2 cm³/mol. The number of aliphatic hydroxyl groups is 1. The van der Waals surface area contributed by atoms with Gasteiger partial charge in [-0.1, -0.05) is 30.1 Å². The molecule has 2 atom stereocenters. The Balaban J connectivity index is 2.16. The Morgan fingerprint density at radius 2 is 1.94 bits per heavy atom. The Morgan fingerprint density at radius 1 is 1.33 bits per heavy atom. The van der Waals surface area contributed by atoms with Crippen LogP contribution in [0.3, 0.4) is 0 Å². The first-order valence-corrected chi connectivity index (χ1v) is 6.66. The van der Waals surface area contributed by atoms with Crippen LogP contribution in [0.2, 0.25) is 10.0 Å². The first kappa shape index (κ1) is 13.7. The summed E-state index contributed by atoms with van der Waals surface area (Å²) in [4.78, 5) is 13.9. The number of amides is 1. The maximum absolute atomic E-state index is 12.3. The summed E-state index contributed by atoms with van der Waals surface area (Å²) in [5.74, 6) is 0.0994. The van der Waals surface area contributed by atoms with Gasteiger partial charge in [0.15, 0.2) is 0 Å². The fraction of sp³-hybridized carbons (Fsp3) is 0.462. The maximum atomic E-state index is 12.3. The summed E-state index contributed by atoms with van der Waals surface area (Å²) in [7, 11) is 0. The molecule has 2 rings (SSSR count). The van der Waals surface area contributed by atoms with E-state index in [1.54, 1.807) is 23.1 Å². The number of aliphatic hydroxyl groups excluding tert-OH is 1. The molecule has 1 aromatic rings. The number of hydrogen-bond donors (Lipinski definition) is 1. The van der Waals surface area contributed by atoms with Crippen LogP contribution in [0.4, 0.5) is 0 Å². The molecule has 2 unspecified atom stereocenters. The average molecular weight is 288 g/mol. The second-order valence-corrected chi connectivity index (χ2v) is 5.62. The molecule has 0 radical (unpaired) electrons. The van der Waals surface area contributed by atoms with Gasteiger partial charge < -0.3 is 10.0 Å². The normalized spacial score (nSPS) is 24.1. The lowest BCUT2D eigenvalue weighted by atomic mass is 9.95. The Bertz CT molecular complexity index is 444. The summed E-state index contributed by atoms with van der Waals surface area (Å²) in [6, 6.07) is 4.79. The number of carbonyl (C=O) groups is 1. The largest absolute Gasteiger partial charge is 0.391 e. The Morgan fingerprint density at radius 3 is 2.50 bits per heavy atom. The molecule has 0 spiro atoms. The molecule has 1 N–H and O–H groups in total. The second kappa shape index (κ2) is 5.47. The van der Waals surface area contributed by atoms with E-state index in [1.165, 1.54) is 0 Å². The molecule has 1 fully saturated rings. The topological polar surface area (TPSA) is 40.5 Å². The van der Waals surface area contributed by atoms with Crippen molar-refractivity contribution in [1.82, 2.24) is 4.90 Å². The van der Waals surface area contributed by atoms with Crippen LogP contribution in [0.25, 0.3) is 0 Å². The van der Waals surface area contributed by atoms with E-state index in [-0.39, 0.29) is 11.8 Å². The van der Waals surface area contributed by atoms with Crippen LogP contribution in [0.1, 0.15) is 23.7 Å². The minimum absolute atomic E-state index is 0.134. The molecule has 5 heteroatoms. The summed E-state index contributed by atoms with van der Waals surface area (Å²) in [6.45, 7) is 3.01. The highest BCUT2D eigenvalue weighted by atomic mass is 35.5. The number of nitrogens with zero attached hydrogens (tertiary/aromatic N) is 1. The number of carbonyl (C=O) groups excluding carboxylic acids is 1. The molecule has 98 valence electrons. The Kier molecular flexibility index (Phi) is 4.15. The summed E-state index contributed by atoms with van der Waals surface area (Å²) in [5.41, 5.74) is 0.467. The predicted octanol–water partition coefficient (Wildman–Crippen LogP) is 2.84. The summed E-state index contributed by atoms with van der Waals surface area (Å²) in [5, 5.41) is 10.7. The molecular weight excluding hydrogens is 273 g/mol. The summed E-state index contributed by atoms with van der Waals surface area (Å²) >= 11 is 11.8. The smallest absolute Gasteiger partial charge is 0.254 e. The van der Waals surface area contributed by atoms with E-state index in [0.717, 1.165) is 6.42 Å². The van der Waals surface area contributed by atoms with Gasteiger partial charge in [-0.15, -0.1) is 0 Å². The van der Waals surface area contributed by atoms with Gasteiger partial charge in [-0.25, -0.2) is 0 Å². The first-order valence-electron chi connectivity index (χ1n) is 5.91. The monoisotopic (exact) mass is 287 g/mol. The molecular formula is C13H15Cl2NO2. The third-order valence-electron chi connectivity index (χ3n) is 3.32. The van der Waals surface area contributed by atoms with Gasteiger partial charge >= 0.3 is 0 Å². The molecule has 1 aliphatic rings. The van der Waals surface area contributed by atoms with Gasteiger partial charge in [0.25, 0.3) is 5.91 Å². The standard InChI is InChI=1S/C13H15Cl2NO2/c1-8-2-3-16(7-12(8)17)13(18)9-4-10(14)6-11(15)5-9/h4-6,8,12,17H,2-3,7H2,1H3. The number of β-amino-alcohol motifs (C(OH)–C–C–N with tert-alkyl or cyclic N) is 1. The number of likely N-dealkylation sites (tertiary alicyclic amines) is 1. The highest BCUT2D eigenvalue weighted by molar-refractivity contribution is 6.35. The average Bonchev–Trinajstić information content (AvgIpc) is 2.30. The van der Waals surface area contributed by atoms with E-state index in [2.05, 4.69) is 0 Å². The van der Waals surface area contributed by atoms with Crippen LogP contribution in [0.15, 0.2) is 18.2 Å². The van der Waals surface area contributed by atoms with Crippen LogP contribution < -0.4 is 0 Å². The Hall–Kier alpha value is -0.770. The molecule has 18 heavy (non-hydrogen) atoms. The van der Waals surface area contributed by atoms with Crippen molar-refractivity contribution in [3.05, 3.63) is 33.8 Å². The Labute approximate surface area is 116 Å². The zero-order valence-corrected chi connectivity index (χ0v) is 11.6. The van der Waals surface area contributed by atoms with Crippen LogP contribution in [-0.4, -0.2) is 35.1 Å². The zero-order chi connectivity index (χ0) is 13.3. The minimum atomic E-state index is -0.461. The van der Waals surface area contributed by atoms with Crippen molar-refractivity contribution < 1.29 is 9.90 Å². The lowest BCUT2D eigenvalue weighted by Gasteiger charge is -2.34. The van der Waals surface area contributed by atoms with Gasteiger partial charge in [-0.3, -0.25) is 4.79 Å². The fourth-order valence-corrected chi connectivity index (χ4v) is 2.62. The maximum Gasteiger partial charge on any atom is 0.254 e. The van der Waals surface area contributed by atoms with Gasteiger partial charge in [-0.2, -0.15) is 0 Å². The van der Waals surface area contributed by atoms with Crippen molar-refractivity contribution in [3.8, 4) is 0 Å². The van der Waals surface area contributed by atoms with Gasteiger partial charge in [0.05, 0.1) is 6.10 Å². The van der Waals surface area contributed by atoms with Crippen LogP contribution in [-0.2, 0) is 0 Å². The van der Waals surface area contributed by atoms with E-state index < -0.39 is 6.10 Å². The zero-order valence-electron chi connectivity index (χ0n) is 10.1. The summed E-state index contributed by atoms with van der Waals surface area (Å²) < 4.78 is 0. The van der Waals surface area contributed by atoms with Crippen molar-refractivity contribution in [2.24, 2.45) is 5.92 Å². The number of benzene rings is 1. The number of hydrogen-bond acceptors (Lipinski definition) is 2. The van der Waals surface area contributed by atoms with Crippen LogP contribution in [0, 0.1) is 5.92 Å². The highest BCUT2D eigenvalue weighted by Gasteiger charge is 2.28. The third-order valence-corrected chi connectivity index (χ3v) is 3.75. The van der Waals surface area contributed by atoms with E-state index in [0.29, 0.717) is 28.7 Å². The molecule has 1 aliphatic heterocycles. The van der Waals surface area contributed by atoms with E-state index >= 15 is 0 Å². The molecule has 1 heterocycles. The molecule has 0 aliphatic carbocycles. The number of halogens is 2. The quantitative estimate of drug-likeness (QED) is 0.863.